The van der Waals surface area contributed by atoms with Crippen LogP contribution in [0.1, 0.15) is 56.0 Å². The molecule has 0 unspecified atom stereocenters. The average Bonchev–Trinajstić information content (AvgIpc) is 3.04. The highest BCUT2D eigenvalue weighted by Crippen LogP contribution is 2.38. The first-order valence-corrected chi connectivity index (χ1v) is 16.6. The molecule has 0 saturated carbocycles. The lowest BCUT2D eigenvalue weighted by molar-refractivity contribution is 0.0629. The van der Waals surface area contributed by atoms with Gasteiger partial charge in [0.2, 0.25) is 5.95 Å². The Kier molecular flexibility index (Phi) is 9.76. The third-order valence-corrected chi connectivity index (χ3v) is 10.0. The first-order chi connectivity index (χ1) is 21.9. The zero-order chi connectivity index (χ0) is 31.4. The van der Waals surface area contributed by atoms with Gasteiger partial charge >= 0.3 is 0 Å². The van der Waals surface area contributed by atoms with Gasteiger partial charge in [-0.05, 0) is 61.2 Å². The van der Waals surface area contributed by atoms with Gasteiger partial charge in [0.05, 0.1) is 22.9 Å². The highest BCUT2D eigenvalue weighted by molar-refractivity contribution is 6.32. The molecule has 3 aromatic rings. The lowest BCUT2D eigenvalue weighted by Crippen LogP contribution is -2.60. The van der Waals surface area contributed by atoms with Crippen LogP contribution in [0, 0.1) is 11.3 Å². The summed E-state index contributed by atoms with van der Waals surface area (Å²) in [5.74, 6) is 1.99. The van der Waals surface area contributed by atoms with Crippen LogP contribution in [0.3, 0.4) is 0 Å². The van der Waals surface area contributed by atoms with E-state index in [1.165, 1.54) is 25.9 Å². The van der Waals surface area contributed by atoms with Gasteiger partial charge in [-0.25, -0.2) is 9.97 Å². The Morgan fingerprint density at radius 2 is 1.64 bits per heavy atom. The fraction of sp³-hybridized carbons (Fsp3) is 0.514. The lowest BCUT2D eigenvalue weighted by atomic mass is 9.77. The van der Waals surface area contributed by atoms with Gasteiger partial charge < -0.3 is 19.7 Å². The normalized spacial score (nSPS) is 18.8. The Morgan fingerprint density at radius 1 is 0.933 bits per heavy atom. The summed E-state index contributed by atoms with van der Waals surface area (Å²) in [6.45, 7) is 15.7. The molecular weight excluding hydrogens is 586 g/mol. The van der Waals surface area contributed by atoms with Crippen LogP contribution in [0.25, 0.3) is 0 Å². The number of benzene rings is 2. The van der Waals surface area contributed by atoms with Crippen molar-refractivity contribution in [3.05, 3.63) is 76.1 Å². The van der Waals surface area contributed by atoms with Crippen LogP contribution in [-0.2, 0) is 12.0 Å². The maximum atomic E-state index is 9.68. The van der Waals surface area contributed by atoms with Crippen molar-refractivity contribution < 1.29 is 9.47 Å². The van der Waals surface area contributed by atoms with E-state index in [-0.39, 0.29) is 5.41 Å². The fourth-order valence-electron chi connectivity index (χ4n) is 6.67. The number of likely N-dealkylation sites (tertiary alicyclic amines) is 1. The molecule has 10 heteroatoms. The SMILES string of the molecule is CCOc1c(Cl)cc(C(C)(C)c2ccc(OCc3ccnc(N4CCN(C5CCN(C6CNC6)CC5)CC4)n3)cc2)cc1C#N. The Balaban J connectivity index is 1.02. The number of anilines is 1. The Labute approximate surface area is 272 Å². The molecule has 1 aromatic heterocycles. The largest absolute Gasteiger partial charge is 0.491 e. The topological polar surface area (TPSA) is 89.8 Å². The van der Waals surface area contributed by atoms with E-state index in [1.54, 1.807) is 0 Å². The van der Waals surface area contributed by atoms with Crippen LogP contribution < -0.4 is 19.7 Å². The van der Waals surface area contributed by atoms with Crippen LogP contribution in [0.15, 0.2) is 48.7 Å². The summed E-state index contributed by atoms with van der Waals surface area (Å²) in [7, 11) is 0. The second-order valence-corrected chi connectivity index (χ2v) is 13.2. The number of aromatic nitrogens is 2. The van der Waals surface area contributed by atoms with Gasteiger partial charge in [-0.2, -0.15) is 5.26 Å². The number of nitrogens with zero attached hydrogens (tertiary/aromatic N) is 6. The zero-order valence-electron chi connectivity index (χ0n) is 26.6. The number of hydrogen-bond donors (Lipinski definition) is 1. The summed E-state index contributed by atoms with van der Waals surface area (Å²) in [5, 5.41) is 13.5. The second-order valence-electron chi connectivity index (χ2n) is 12.8. The molecule has 4 heterocycles. The summed E-state index contributed by atoms with van der Waals surface area (Å²) in [6.07, 6.45) is 4.38. The third kappa shape index (κ3) is 7.05. The van der Waals surface area contributed by atoms with E-state index in [9.17, 15) is 5.26 Å². The van der Waals surface area contributed by atoms with E-state index in [0.29, 0.717) is 35.6 Å². The minimum absolute atomic E-state index is 0.368. The second kappa shape index (κ2) is 13.9. The highest BCUT2D eigenvalue weighted by Gasteiger charge is 2.32. The maximum Gasteiger partial charge on any atom is 0.225 e. The Morgan fingerprint density at radius 3 is 2.29 bits per heavy atom. The monoisotopic (exact) mass is 629 g/mol. The molecular formula is C35H44ClN7O2. The number of halogens is 1. The van der Waals surface area contributed by atoms with Crippen molar-refractivity contribution >= 4 is 17.5 Å². The van der Waals surface area contributed by atoms with Gasteiger partial charge in [-0.15, -0.1) is 0 Å². The number of hydrogen-bond acceptors (Lipinski definition) is 9. The quantitative estimate of drug-likeness (QED) is 0.338. The van der Waals surface area contributed by atoms with Crippen LogP contribution in [0.2, 0.25) is 5.02 Å². The van der Waals surface area contributed by atoms with E-state index in [4.69, 9.17) is 26.1 Å². The molecule has 3 aliphatic heterocycles. The van der Waals surface area contributed by atoms with Gasteiger partial charge in [0, 0.05) is 76.1 Å². The van der Waals surface area contributed by atoms with Crippen LogP contribution in [-0.4, -0.2) is 90.8 Å². The van der Waals surface area contributed by atoms with Crippen molar-refractivity contribution in [2.75, 3.05) is 63.9 Å². The molecule has 3 fully saturated rings. The number of rotatable bonds is 10. The van der Waals surface area contributed by atoms with E-state index in [2.05, 4.69) is 57.0 Å². The zero-order valence-corrected chi connectivity index (χ0v) is 27.4. The third-order valence-electron chi connectivity index (χ3n) is 9.73. The summed E-state index contributed by atoms with van der Waals surface area (Å²) in [6, 6.07) is 17.4. The van der Waals surface area contributed by atoms with Gasteiger partial charge in [0.25, 0.3) is 0 Å². The van der Waals surface area contributed by atoms with E-state index < -0.39 is 0 Å². The Hall–Kier alpha value is -3.42. The van der Waals surface area contributed by atoms with Crippen molar-refractivity contribution in [2.45, 2.75) is 57.7 Å². The number of nitriles is 1. The van der Waals surface area contributed by atoms with E-state index in [0.717, 1.165) is 73.8 Å². The van der Waals surface area contributed by atoms with Crippen molar-refractivity contribution in [1.29, 1.82) is 5.26 Å². The number of nitrogens with one attached hydrogen (secondary N) is 1. The first-order valence-electron chi connectivity index (χ1n) is 16.2. The molecule has 0 aliphatic carbocycles. The Bertz CT molecular complexity index is 1490. The molecule has 2 aromatic carbocycles. The predicted octanol–water partition coefficient (Wildman–Crippen LogP) is 4.86. The minimum atomic E-state index is -0.380. The van der Waals surface area contributed by atoms with E-state index >= 15 is 0 Å². The summed E-state index contributed by atoms with van der Waals surface area (Å²) in [4.78, 5) is 17.1. The molecule has 6 rings (SSSR count). The van der Waals surface area contributed by atoms with Gasteiger partial charge in [0.15, 0.2) is 5.75 Å². The summed E-state index contributed by atoms with van der Waals surface area (Å²) >= 11 is 6.51. The standard InChI is InChI=1S/C35H44ClN7O2/c1-4-44-33-25(21-37)19-27(20-32(33)36)35(2,3)26-5-7-31(8-6-26)45-24-28-9-12-39-34(40-28)43-17-15-42(16-18-43)29-10-13-41(14-11-29)30-22-38-23-30/h5-9,12,19-20,29-30,38H,4,10-11,13-18,22-24H2,1-3H3. The molecule has 0 bridgehead atoms. The van der Waals surface area contributed by atoms with E-state index in [1.807, 2.05) is 43.5 Å². The van der Waals surface area contributed by atoms with Gasteiger partial charge in [-0.1, -0.05) is 37.6 Å². The average molecular weight is 630 g/mol. The predicted molar refractivity (Wildman–Crippen MR) is 177 cm³/mol. The van der Waals surface area contributed by atoms with Gasteiger partial charge in [-0.3, -0.25) is 9.80 Å². The summed E-state index contributed by atoms with van der Waals surface area (Å²) < 4.78 is 11.7. The van der Waals surface area contributed by atoms with Crippen molar-refractivity contribution in [3.8, 4) is 17.6 Å². The highest BCUT2D eigenvalue weighted by atomic mass is 35.5. The molecule has 1 N–H and O–H groups in total. The smallest absolute Gasteiger partial charge is 0.225 e. The van der Waals surface area contributed by atoms with Crippen LogP contribution >= 0.6 is 11.6 Å². The minimum Gasteiger partial charge on any atom is -0.491 e. The first kappa shape index (κ1) is 31.6. The molecule has 0 atom stereocenters. The molecule has 0 radical (unpaired) electrons. The molecule has 0 amide bonds. The molecule has 238 valence electrons. The summed E-state index contributed by atoms with van der Waals surface area (Å²) in [5.41, 5.74) is 2.95. The van der Waals surface area contributed by atoms with Crippen LogP contribution in [0.4, 0.5) is 5.95 Å². The molecule has 45 heavy (non-hydrogen) atoms. The van der Waals surface area contributed by atoms with Crippen LogP contribution in [0.5, 0.6) is 11.5 Å². The van der Waals surface area contributed by atoms with Gasteiger partial charge in [0.1, 0.15) is 18.4 Å². The number of piperidine rings is 1. The van der Waals surface area contributed by atoms with Crippen molar-refractivity contribution in [3.63, 3.8) is 0 Å². The number of piperazine rings is 1. The molecule has 0 spiro atoms. The molecule has 3 aliphatic rings. The molecule has 9 nitrogen and oxygen atoms in total. The van der Waals surface area contributed by atoms with Crippen molar-refractivity contribution in [1.82, 2.24) is 25.1 Å². The molecule has 3 saturated heterocycles. The maximum absolute atomic E-state index is 9.68. The van der Waals surface area contributed by atoms with Crippen molar-refractivity contribution in [2.24, 2.45) is 0 Å². The lowest BCUT2D eigenvalue weighted by Gasteiger charge is -2.46. The fourth-order valence-corrected chi connectivity index (χ4v) is 6.95. The number of ether oxygens (including phenoxy) is 2.